The molecular formula is C15H26O4. The van der Waals surface area contributed by atoms with Crippen LogP contribution in [0.5, 0.6) is 0 Å². The highest BCUT2D eigenvalue weighted by Gasteiger charge is 2.22. The van der Waals surface area contributed by atoms with Gasteiger partial charge in [-0.3, -0.25) is 0 Å². The number of ether oxygens (including phenoxy) is 2. The number of hydrogen-bond donors (Lipinski definition) is 0. The predicted octanol–water partition coefficient (Wildman–Crippen LogP) is 3.11. The molecule has 1 atom stereocenters. The van der Waals surface area contributed by atoms with Gasteiger partial charge < -0.3 is 9.47 Å². The Morgan fingerprint density at radius 3 is 1.68 bits per heavy atom. The molecule has 0 spiro atoms. The Morgan fingerprint density at radius 2 is 1.37 bits per heavy atom. The maximum atomic E-state index is 11.9. The average Bonchev–Trinajstić information content (AvgIpc) is 2.38. The molecular weight excluding hydrogens is 244 g/mol. The second-order valence-electron chi connectivity index (χ2n) is 4.96. The quantitative estimate of drug-likeness (QED) is 0.294. The van der Waals surface area contributed by atoms with Gasteiger partial charge in [-0.2, -0.15) is 0 Å². The van der Waals surface area contributed by atoms with Gasteiger partial charge in [0, 0.05) is 0 Å². The van der Waals surface area contributed by atoms with Gasteiger partial charge in [-0.05, 0) is 24.7 Å². The van der Waals surface area contributed by atoms with Crippen LogP contribution in [-0.2, 0) is 19.1 Å². The summed E-state index contributed by atoms with van der Waals surface area (Å²) >= 11 is 0. The zero-order valence-electron chi connectivity index (χ0n) is 12.7. The van der Waals surface area contributed by atoms with Crippen molar-refractivity contribution in [2.24, 2.45) is 11.8 Å². The number of esters is 2. The summed E-state index contributed by atoms with van der Waals surface area (Å²) in [5.74, 6) is -0.725. The second-order valence-corrected chi connectivity index (χ2v) is 4.96. The van der Waals surface area contributed by atoms with Crippen LogP contribution in [0.2, 0.25) is 0 Å². The summed E-state index contributed by atoms with van der Waals surface area (Å²) in [7, 11) is 0. The fourth-order valence-corrected chi connectivity index (χ4v) is 1.22. The van der Waals surface area contributed by atoms with Crippen molar-refractivity contribution in [1.82, 2.24) is 0 Å². The summed E-state index contributed by atoms with van der Waals surface area (Å²) in [5.41, 5.74) is 0.0168. The average molecular weight is 270 g/mol. The molecule has 0 N–H and O–H groups in total. The molecule has 4 heteroatoms. The van der Waals surface area contributed by atoms with Crippen molar-refractivity contribution in [2.75, 3.05) is 13.2 Å². The normalized spacial score (nSPS) is 11.9. The van der Waals surface area contributed by atoms with Crippen molar-refractivity contribution < 1.29 is 19.1 Å². The molecule has 0 amide bonds. The van der Waals surface area contributed by atoms with Crippen LogP contribution in [0, 0.1) is 11.8 Å². The van der Waals surface area contributed by atoms with E-state index in [4.69, 9.17) is 9.47 Å². The van der Waals surface area contributed by atoms with E-state index in [0.29, 0.717) is 19.1 Å². The van der Waals surface area contributed by atoms with Crippen LogP contribution >= 0.6 is 0 Å². The van der Waals surface area contributed by atoms with E-state index in [1.165, 1.54) is 0 Å². The van der Waals surface area contributed by atoms with E-state index < -0.39 is 11.9 Å². The molecule has 4 nitrogen and oxygen atoms in total. The van der Waals surface area contributed by atoms with Gasteiger partial charge in [0.2, 0.25) is 0 Å². The molecule has 0 saturated heterocycles. The Hall–Kier alpha value is -1.32. The van der Waals surface area contributed by atoms with Gasteiger partial charge in [-0.25, -0.2) is 9.59 Å². The van der Waals surface area contributed by atoms with Crippen molar-refractivity contribution in [3.8, 4) is 0 Å². The monoisotopic (exact) mass is 270 g/mol. The third kappa shape index (κ3) is 6.99. The Bertz CT molecular complexity index is 296. The van der Waals surface area contributed by atoms with E-state index in [0.717, 1.165) is 12.8 Å². The minimum absolute atomic E-state index is 0.0168. The summed E-state index contributed by atoms with van der Waals surface area (Å²) in [6.45, 7) is 10.5. The number of carbonyl (C=O) groups is 2. The first-order valence-electron chi connectivity index (χ1n) is 7.00. The Morgan fingerprint density at radius 1 is 0.947 bits per heavy atom. The summed E-state index contributed by atoms with van der Waals surface area (Å²) in [6.07, 6.45) is 3.10. The van der Waals surface area contributed by atoms with Crippen LogP contribution < -0.4 is 0 Å². The van der Waals surface area contributed by atoms with E-state index >= 15 is 0 Å². The number of hydrogen-bond acceptors (Lipinski definition) is 4. The van der Waals surface area contributed by atoms with Gasteiger partial charge in [0.15, 0.2) is 0 Å². The fourth-order valence-electron chi connectivity index (χ4n) is 1.22. The van der Waals surface area contributed by atoms with Crippen LogP contribution in [0.15, 0.2) is 11.6 Å². The number of rotatable bonds is 8. The molecule has 1 unspecified atom stereocenters. The van der Waals surface area contributed by atoms with E-state index in [2.05, 4.69) is 0 Å². The zero-order chi connectivity index (χ0) is 14.8. The highest BCUT2D eigenvalue weighted by atomic mass is 16.6. The number of carbonyl (C=O) groups excluding carboxylic acids is 2. The third-order valence-electron chi connectivity index (χ3n) is 2.80. The molecule has 0 aromatic heterocycles. The number of allylic oxidation sites excluding steroid dienone is 1. The van der Waals surface area contributed by atoms with Crippen LogP contribution in [-0.4, -0.2) is 25.2 Å². The smallest absolute Gasteiger partial charge is 0.345 e. The molecule has 19 heavy (non-hydrogen) atoms. The molecule has 0 aliphatic heterocycles. The van der Waals surface area contributed by atoms with E-state index in [1.54, 1.807) is 6.08 Å². The highest BCUT2D eigenvalue weighted by molar-refractivity contribution is 6.14. The fraction of sp³-hybridized carbons (Fsp3) is 0.733. The maximum absolute atomic E-state index is 11.9. The standard InChI is InChI=1S/C15H26O4/c1-6-8-18-14(16)13(10-12(5)11(3)4)15(17)19-9-7-2/h10-12H,6-9H2,1-5H3. The summed E-state index contributed by atoms with van der Waals surface area (Å²) in [6, 6.07) is 0. The van der Waals surface area contributed by atoms with E-state index in [9.17, 15) is 9.59 Å². The first kappa shape index (κ1) is 17.7. The summed E-state index contributed by atoms with van der Waals surface area (Å²) in [4.78, 5) is 23.7. The van der Waals surface area contributed by atoms with Gasteiger partial charge in [0.05, 0.1) is 13.2 Å². The first-order valence-corrected chi connectivity index (χ1v) is 7.00. The second kappa shape index (κ2) is 9.59. The largest absolute Gasteiger partial charge is 0.462 e. The minimum Gasteiger partial charge on any atom is -0.462 e. The Balaban J connectivity index is 4.91. The van der Waals surface area contributed by atoms with Crippen molar-refractivity contribution >= 4 is 11.9 Å². The molecule has 0 aromatic rings. The summed E-state index contributed by atoms with van der Waals surface area (Å²) in [5, 5.41) is 0. The topological polar surface area (TPSA) is 52.6 Å². The lowest BCUT2D eigenvalue weighted by molar-refractivity contribution is -0.147. The van der Waals surface area contributed by atoms with Crippen LogP contribution in [0.25, 0.3) is 0 Å². The lowest BCUT2D eigenvalue weighted by atomic mass is 9.95. The lowest BCUT2D eigenvalue weighted by Gasteiger charge is -2.13. The van der Waals surface area contributed by atoms with E-state index in [1.807, 2.05) is 34.6 Å². The molecule has 0 fully saturated rings. The first-order chi connectivity index (χ1) is 8.93. The Labute approximate surface area is 116 Å². The van der Waals surface area contributed by atoms with Crippen molar-refractivity contribution in [1.29, 1.82) is 0 Å². The van der Waals surface area contributed by atoms with Gasteiger partial charge in [0.25, 0.3) is 0 Å². The molecule has 0 aliphatic carbocycles. The minimum atomic E-state index is -0.588. The predicted molar refractivity (Wildman–Crippen MR) is 74.6 cm³/mol. The van der Waals surface area contributed by atoms with Crippen molar-refractivity contribution in [3.63, 3.8) is 0 Å². The van der Waals surface area contributed by atoms with Crippen molar-refractivity contribution in [2.45, 2.75) is 47.5 Å². The summed E-state index contributed by atoms with van der Waals surface area (Å²) < 4.78 is 10.1. The lowest BCUT2D eigenvalue weighted by Crippen LogP contribution is -2.20. The molecule has 0 aliphatic rings. The van der Waals surface area contributed by atoms with Gasteiger partial charge >= 0.3 is 11.9 Å². The third-order valence-corrected chi connectivity index (χ3v) is 2.80. The molecule has 0 heterocycles. The van der Waals surface area contributed by atoms with Gasteiger partial charge in [-0.15, -0.1) is 0 Å². The molecule has 0 saturated carbocycles. The van der Waals surface area contributed by atoms with Crippen molar-refractivity contribution in [3.05, 3.63) is 11.6 Å². The Kier molecular flexibility index (Phi) is 8.92. The van der Waals surface area contributed by atoms with Crippen LogP contribution in [0.3, 0.4) is 0 Å². The van der Waals surface area contributed by atoms with E-state index in [-0.39, 0.29) is 11.5 Å². The molecule has 0 bridgehead atoms. The zero-order valence-corrected chi connectivity index (χ0v) is 12.7. The SMILES string of the molecule is CCCOC(=O)C(=CC(C)C(C)C)C(=O)OCCC. The molecule has 110 valence electrons. The van der Waals surface area contributed by atoms with Gasteiger partial charge in [-0.1, -0.05) is 40.7 Å². The molecule has 0 radical (unpaired) electrons. The van der Waals surface area contributed by atoms with Crippen LogP contribution in [0.1, 0.15) is 47.5 Å². The van der Waals surface area contributed by atoms with Crippen LogP contribution in [0.4, 0.5) is 0 Å². The van der Waals surface area contributed by atoms with Gasteiger partial charge in [0.1, 0.15) is 5.57 Å². The molecule has 0 rings (SSSR count). The highest BCUT2D eigenvalue weighted by Crippen LogP contribution is 2.15. The molecule has 0 aromatic carbocycles. The maximum Gasteiger partial charge on any atom is 0.345 e.